The van der Waals surface area contributed by atoms with Crippen molar-refractivity contribution in [2.75, 3.05) is 12.3 Å². The number of nitrogens with one attached hydrogen (secondary N) is 1. The standard InChI is InChI=1S/C14H15F2N3/c1-2-19-14(12-8-18-4-3-13(12)17)9-5-10(15)7-11(16)6-9/h3-8,14,19H,2H2,1H3,(H2,17,18). The number of nitrogens with zero attached hydrogens (tertiary/aromatic N) is 1. The molecule has 0 spiro atoms. The fraction of sp³-hybridized carbons (Fsp3) is 0.214. The highest BCUT2D eigenvalue weighted by molar-refractivity contribution is 5.49. The van der Waals surface area contributed by atoms with E-state index in [1.165, 1.54) is 12.1 Å². The van der Waals surface area contributed by atoms with E-state index in [0.717, 1.165) is 6.07 Å². The second-order valence-electron chi connectivity index (χ2n) is 4.20. The summed E-state index contributed by atoms with van der Waals surface area (Å²) >= 11 is 0. The number of pyridine rings is 1. The second-order valence-corrected chi connectivity index (χ2v) is 4.20. The first-order valence-electron chi connectivity index (χ1n) is 6.00. The Morgan fingerprint density at radius 2 is 1.95 bits per heavy atom. The molecule has 0 amide bonds. The highest BCUT2D eigenvalue weighted by Crippen LogP contribution is 2.26. The quantitative estimate of drug-likeness (QED) is 0.891. The molecule has 0 saturated carbocycles. The molecule has 0 aliphatic heterocycles. The van der Waals surface area contributed by atoms with Crippen LogP contribution in [0, 0.1) is 11.6 Å². The van der Waals surface area contributed by atoms with Crippen molar-refractivity contribution < 1.29 is 8.78 Å². The van der Waals surface area contributed by atoms with Crippen LogP contribution in [0.15, 0.2) is 36.7 Å². The van der Waals surface area contributed by atoms with Crippen molar-refractivity contribution in [2.24, 2.45) is 0 Å². The molecule has 0 aliphatic rings. The molecule has 2 rings (SSSR count). The molecule has 1 aromatic heterocycles. The zero-order valence-corrected chi connectivity index (χ0v) is 10.5. The van der Waals surface area contributed by atoms with Crippen LogP contribution in [-0.4, -0.2) is 11.5 Å². The summed E-state index contributed by atoms with van der Waals surface area (Å²) in [5, 5.41) is 3.16. The van der Waals surface area contributed by atoms with Gasteiger partial charge in [-0.05, 0) is 30.3 Å². The van der Waals surface area contributed by atoms with Crippen molar-refractivity contribution in [3.05, 3.63) is 59.4 Å². The molecule has 2 aromatic rings. The number of nitrogen functional groups attached to an aromatic ring is 1. The lowest BCUT2D eigenvalue weighted by atomic mass is 9.98. The van der Waals surface area contributed by atoms with Crippen molar-refractivity contribution in [3.63, 3.8) is 0 Å². The van der Waals surface area contributed by atoms with E-state index in [4.69, 9.17) is 5.73 Å². The zero-order chi connectivity index (χ0) is 13.8. The molecule has 1 atom stereocenters. The van der Waals surface area contributed by atoms with Gasteiger partial charge in [0.25, 0.3) is 0 Å². The van der Waals surface area contributed by atoms with Gasteiger partial charge in [-0.25, -0.2) is 8.78 Å². The molecule has 1 unspecified atom stereocenters. The molecule has 5 heteroatoms. The van der Waals surface area contributed by atoms with Crippen LogP contribution in [0.4, 0.5) is 14.5 Å². The van der Waals surface area contributed by atoms with Gasteiger partial charge in [0, 0.05) is 29.7 Å². The number of anilines is 1. The monoisotopic (exact) mass is 263 g/mol. The fourth-order valence-electron chi connectivity index (χ4n) is 2.01. The Balaban J connectivity index is 2.48. The maximum Gasteiger partial charge on any atom is 0.126 e. The number of benzene rings is 1. The number of hydrogen-bond donors (Lipinski definition) is 2. The maximum absolute atomic E-state index is 13.3. The van der Waals surface area contributed by atoms with Crippen LogP contribution in [0.3, 0.4) is 0 Å². The molecule has 0 saturated heterocycles. The van der Waals surface area contributed by atoms with E-state index in [-0.39, 0.29) is 6.04 Å². The van der Waals surface area contributed by atoms with Crippen molar-refractivity contribution in [1.29, 1.82) is 0 Å². The van der Waals surface area contributed by atoms with Crippen LogP contribution in [0.2, 0.25) is 0 Å². The smallest absolute Gasteiger partial charge is 0.126 e. The summed E-state index contributed by atoms with van der Waals surface area (Å²) in [6, 6.07) is 4.71. The third-order valence-corrected chi connectivity index (χ3v) is 2.82. The van der Waals surface area contributed by atoms with E-state index >= 15 is 0 Å². The first-order chi connectivity index (χ1) is 9.11. The SMILES string of the molecule is CCNC(c1cc(F)cc(F)c1)c1cnccc1N. The molecule has 19 heavy (non-hydrogen) atoms. The van der Waals surface area contributed by atoms with Gasteiger partial charge < -0.3 is 11.1 Å². The third-order valence-electron chi connectivity index (χ3n) is 2.82. The molecule has 0 fully saturated rings. The van der Waals surface area contributed by atoms with Crippen LogP contribution in [-0.2, 0) is 0 Å². The van der Waals surface area contributed by atoms with Crippen LogP contribution in [0.25, 0.3) is 0 Å². The van der Waals surface area contributed by atoms with E-state index in [9.17, 15) is 8.78 Å². The average molecular weight is 263 g/mol. The van der Waals surface area contributed by atoms with E-state index in [2.05, 4.69) is 10.3 Å². The van der Waals surface area contributed by atoms with Gasteiger partial charge in [-0.3, -0.25) is 4.98 Å². The lowest BCUT2D eigenvalue weighted by Gasteiger charge is -2.20. The number of nitrogens with two attached hydrogens (primary N) is 1. The van der Waals surface area contributed by atoms with Crippen molar-refractivity contribution in [2.45, 2.75) is 13.0 Å². The van der Waals surface area contributed by atoms with Gasteiger partial charge in [0.05, 0.1) is 6.04 Å². The largest absolute Gasteiger partial charge is 0.398 e. The summed E-state index contributed by atoms with van der Waals surface area (Å²) in [6.45, 7) is 2.55. The topological polar surface area (TPSA) is 50.9 Å². The van der Waals surface area contributed by atoms with Crippen LogP contribution < -0.4 is 11.1 Å². The van der Waals surface area contributed by atoms with Gasteiger partial charge in [0.2, 0.25) is 0 Å². The molecule has 100 valence electrons. The molecule has 0 radical (unpaired) electrons. The van der Waals surface area contributed by atoms with Crippen molar-refractivity contribution >= 4 is 5.69 Å². The van der Waals surface area contributed by atoms with E-state index in [1.54, 1.807) is 18.5 Å². The molecule has 0 bridgehead atoms. The Morgan fingerprint density at radius 1 is 1.26 bits per heavy atom. The van der Waals surface area contributed by atoms with E-state index in [0.29, 0.717) is 23.4 Å². The Bertz CT molecular complexity index is 552. The summed E-state index contributed by atoms with van der Waals surface area (Å²) in [4.78, 5) is 4.01. The van der Waals surface area contributed by atoms with Crippen LogP contribution in [0.5, 0.6) is 0 Å². The zero-order valence-electron chi connectivity index (χ0n) is 10.5. The van der Waals surface area contributed by atoms with Crippen molar-refractivity contribution in [3.8, 4) is 0 Å². The summed E-state index contributed by atoms with van der Waals surface area (Å²) in [7, 11) is 0. The second kappa shape index (κ2) is 5.75. The number of rotatable bonds is 4. The molecule has 3 N–H and O–H groups in total. The lowest BCUT2D eigenvalue weighted by Crippen LogP contribution is -2.23. The number of halogens is 2. The Morgan fingerprint density at radius 3 is 2.53 bits per heavy atom. The maximum atomic E-state index is 13.3. The van der Waals surface area contributed by atoms with Gasteiger partial charge in [-0.15, -0.1) is 0 Å². The predicted octanol–water partition coefficient (Wildman–Crippen LogP) is 2.64. The fourth-order valence-corrected chi connectivity index (χ4v) is 2.01. The normalized spacial score (nSPS) is 12.4. The minimum atomic E-state index is -0.611. The van der Waals surface area contributed by atoms with Gasteiger partial charge in [-0.2, -0.15) is 0 Å². The Kier molecular flexibility index (Phi) is 4.06. The van der Waals surface area contributed by atoms with Gasteiger partial charge in [-0.1, -0.05) is 6.92 Å². The predicted molar refractivity (Wildman–Crippen MR) is 70.5 cm³/mol. The van der Waals surface area contributed by atoms with E-state index < -0.39 is 11.6 Å². The number of hydrogen-bond acceptors (Lipinski definition) is 3. The van der Waals surface area contributed by atoms with Gasteiger partial charge >= 0.3 is 0 Å². The van der Waals surface area contributed by atoms with Gasteiger partial charge in [0.1, 0.15) is 11.6 Å². The molecule has 0 aliphatic carbocycles. The molecular formula is C14H15F2N3. The first-order valence-corrected chi connectivity index (χ1v) is 6.00. The highest BCUT2D eigenvalue weighted by Gasteiger charge is 2.17. The van der Waals surface area contributed by atoms with Crippen LogP contribution in [0.1, 0.15) is 24.1 Å². The highest BCUT2D eigenvalue weighted by atomic mass is 19.1. The molecule has 1 aromatic carbocycles. The summed E-state index contributed by atoms with van der Waals surface area (Å²) in [6.07, 6.45) is 3.18. The Hall–Kier alpha value is -2.01. The first kappa shape index (κ1) is 13.4. The lowest BCUT2D eigenvalue weighted by molar-refractivity contribution is 0.565. The van der Waals surface area contributed by atoms with Crippen molar-refractivity contribution in [1.82, 2.24) is 10.3 Å². The summed E-state index contributed by atoms with van der Waals surface area (Å²) < 4.78 is 26.7. The van der Waals surface area contributed by atoms with Crippen LogP contribution >= 0.6 is 0 Å². The van der Waals surface area contributed by atoms with E-state index in [1.807, 2.05) is 6.92 Å². The Labute approximate surface area is 110 Å². The summed E-state index contributed by atoms with van der Waals surface area (Å²) in [5.41, 5.74) is 7.62. The molecule has 1 heterocycles. The number of aromatic nitrogens is 1. The minimum Gasteiger partial charge on any atom is -0.398 e. The third kappa shape index (κ3) is 3.06. The minimum absolute atomic E-state index is 0.385. The van der Waals surface area contributed by atoms with Gasteiger partial charge in [0.15, 0.2) is 0 Å². The summed E-state index contributed by atoms with van der Waals surface area (Å²) in [5.74, 6) is -1.22. The average Bonchev–Trinajstić information content (AvgIpc) is 2.36. The molecular weight excluding hydrogens is 248 g/mol. The molecule has 3 nitrogen and oxygen atoms in total.